The van der Waals surface area contributed by atoms with Gasteiger partial charge in [-0.1, -0.05) is 6.07 Å². The lowest BCUT2D eigenvalue weighted by atomic mass is 10.1. The lowest BCUT2D eigenvalue weighted by Crippen LogP contribution is -2.15. The van der Waals surface area contributed by atoms with Crippen LogP contribution in [0.3, 0.4) is 0 Å². The number of rotatable bonds is 5. The molecule has 1 amide bonds. The van der Waals surface area contributed by atoms with Crippen LogP contribution in [0.2, 0.25) is 0 Å². The lowest BCUT2D eigenvalue weighted by Gasteiger charge is -2.08. The van der Waals surface area contributed by atoms with Crippen molar-refractivity contribution in [3.05, 3.63) is 70.4 Å². The molecule has 0 radical (unpaired) electrons. The zero-order valence-electron chi connectivity index (χ0n) is 14.2. The summed E-state index contributed by atoms with van der Waals surface area (Å²) in [5.41, 5.74) is 1.77. The van der Waals surface area contributed by atoms with Gasteiger partial charge in [-0.3, -0.25) is 20.2 Å². The molecule has 26 heavy (non-hydrogen) atoms. The van der Waals surface area contributed by atoms with Crippen molar-refractivity contribution in [2.24, 2.45) is 7.05 Å². The Labute approximate surface area is 149 Å². The Hall–Kier alpha value is -3.68. The van der Waals surface area contributed by atoms with E-state index < -0.39 is 10.8 Å². The van der Waals surface area contributed by atoms with Gasteiger partial charge in [0.15, 0.2) is 0 Å². The maximum absolute atomic E-state index is 12.4. The first-order chi connectivity index (χ1) is 12.5. The fourth-order valence-electron chi connectivity index (χ4n) is 2.49. The second-order valence-corrected chi connectivity index (χ2v) is 5.52. The van der Waals surface area contributed by atoms with E-state index in [4.69, 9.17) is 4.74 Å². The number of nitrogens with zero attached hydrogens (tertiary/aromatic N) is 3. The van der Waals surface area contributed by atoms with E-state index in [0.717, 1.165) is 17.0 Å². The van der Waals surface area contributed by atoms with Crippen LogP contribution in [0.4, 0.5) is 11.6 Å². The molecule has 132 valence electrons. The Kier molecular flexibility index (Phi) is 4.66. The van der Waals surface area contributed by atoms with Crippen molar-refractivity contribution in [1.82, 2.24) is 9.55 Å². The van der Waals surface area contributed by atoms with Crippen LogP contribution in [0.5, 0.6) is 5.75 Å². The quantitative estimate of drug-likeness (QED) is 0.561. The van der Waals surface area contributed by atoms with Gasteiger partial charge < -0.3 is 9.30 Å². The highest BCUT2D eigenvalue weighted by molar-refractivity contribution is 6.03. The molecule has 0 fully saturated rings. The number of imidazole rings is 1. The van der Waals surface area contributed by atoms with E-state index in [-0.39, 0.29) is 11.3 Å². The van der Waals surface area contributed by atoms with Crippen LogP contribution in [0.1, 0.15) is 10.4 Å². The molecule has 8 heteroatoms. The van der Waals surface area contributed by atoms with Crippen molar-refractivity contribution in [3.63, 3.8) is 0 Å². The number of nitrogens with one attached hydrogen (secondary N) is 1. The summed E-state index contributed by atoms with van der Waals surface area (Å²) in [6.07, 6.45) is 1.64. The number of aromatic nitrogens is 2. The minimum atomic E-state index is -0.542. The maximum Gasteiger partial charge on any atom is 0.270 e. The number of methoxy groups -OCH3 is 1. The Morgan fingerprint density at radius 1 is 1.23 bits per heavy atom. The van der Waals surface area contributed by atoms with Gasteiger partial charge in [-0.15, -0.1) is 0 Å². The fraction of sp³-hybridized carbons (Fsp3) is 0.111. The van der Waals surface area contributed by atoms with Crippen LogP contribution in [-0.2, 0) is 7.05 Å². The second-order valence-electron chi connectivity index (χ2n) is 5.52. The largest absolute Gasteiger partial charge is 0.497 e. The van der Waals surface area contributed by atoms with Crippen molar-refractivity contribution < 1.29 is 14.5 Å². The van der Waals surface area contributed by atoms with Crippen molar-refractivity contribution >= 4 is 17.5 Å². The van der Waals surface area contributed by atoms with E-state index in [1.807, 2.05) is 24.3 Å². The molecule has 3 aromatic rings. The monoisotopic (exact) mass is 352 g/mol. The van der Waals surface area contributed by atoms with Gasteiger partial charge in [-0.2, -0.15) is 0 Å². The van der Waals surface area contributed by atoms with Gasteiger partial charge in [0.1, 0.15) is 5.75 Å². The summed E-state index contributed by atoms with van der Waals surface area (Å²) in [4.78, 5) is 26.9. The molecule has 1 aromatic heterocycles. The van der Waals surface area contributed by atoms with E-state index in [0.29, 0.717) is 5.95 Å². The molecule has 0 saturated heterocycles. The summed E-state index contributed by atoms with van der Waals surface area (Å²) in [6.45, 7) is 0. The molecule has 0 saturated carbocycles. The number of hydrogen-bond acceptors (Lipinski definition) is 5. The number of amides is 1. The summed E-state index contributed by atoms with van der Waals surface area (Å²) in [6, 6.07) is 13.0. The molecule has 0 aliphatic carbocycles. The minimum absolute atomic E-state index is 0.142. The van der Waals surface area contributed by atoms with E-state index in [1.165, 1.54) is 24.3 Å². The number of benzene rings is 2. The van der Waals surface area contributed by atoms with Crippen LogP contribution in [0.25, 0.3) is 11.3 Å². The predicted octanol–water partition coefficient (Wildman–Crippen LogP) is 3.26. The maximum atomic E-state index is 12.4. The number of nitro groups is 1. The SMILES string of the molecule is COc1ccc(-c2cnc(NC(=O)c3cccc([N+](=O)[O-])c3)n2C)cc1. The fourth-order valence-corrected chi connectivity index (χ4v) is 2.49. The normalized spacial score (nSPS) is 10.4. The number of nitro benzene ring substituents is 1. The lowest BCUT2D eigenvalue weighted by molar-refractivity contribution is -0.384. The van der Waals surface area contributed by atoms with Gasteiger partial charge in [0, 0.05) is 30.3 Å². The van der Waals surface area contributed by atoms with Gasteiger partial charge >= 0.3 is 0 Å². The second kappa shape index (κ2) is 7.06. The first-order valence-electron chi connectivity index (χ1n) is 7.71. The first kappa shape index (κ1) is 17.2. The van der Waals surface area contributed by atoms with E-state index >= 15 is 0 Å². The molecule has 3 rings (SSSR count). The van der Waals surface area contributed by atoms with Crippen molar-refractivity contribution in [2.45, 2.75) is 0 Å². The van der Waals surface area contributed by atoms with Crippen LogP contribution in [0, 0.1) is 10.1 Å². The molecule has 2 aromatic carbocycles. The zero-order chi connectivity index (χ0) is 18.7. The Morgan fingerprint density at radius 3 is 2.62 bits per heavy atom. The first-order valence-corrected chi connectivity index (χ1v) is 7.71. The highest BCUT2D eigenvalue weighted by atomic mass is 16.6. The van der Waals surface area contributed by atoms with Crippen LogP contribution >= 0.6 is 0 Å². The van der Waals surface area contributed by atoms with Gasteiger partial charge in [0.2, 0.25) is 5.95 Å². The zero-order valence-corrected chi connectivity index (χ0v) is 14.2. The summed E-state index contributed by atoms with van der Waals surface area (Å²) in [7, 11) is 3.37. The molecular weight excluding hydrogens is 336 g/mol. The Balaban J connectivity index is 1.82. The third-order valence-corrected chi connectivity index (χ3v) is 3.92. The molecule has 0 atom stereocenters. The summed E-state index contributed by atoms with van der Waals surface area (Å²) in [5, 5.41) is 13.5. The van der Waals surface area contributed by atoms with Crippen LogP contribution < -0.4 is 10.1 Å². The number of ether oxygens (including phenoxy) is 1. The Bertz CT molecular complexity index is 964. The summed E-state index contributed by atoms with van der Waals surface area (Å²) < 4.78 is 6.87. The van der Waals surface area contributed by atoms with Gasteiger partial charge in [0.25, 0.3) is 11.6 Å². The summed E-state index contributed by atoms with van der Waals surface area (Å²) in [5.74, 6) is 0.617. The highest BCUT2D eigenvalue weighted by Gasteiger charge is 2.15. The number of carbonyl (C=O) groups excluding carboxylic acids is 1. The smallest absolute Gasteiger partial charge is 0.270 e. The van der Waals surface area contributed by atoms with E-state index in [9.17, 15) is 14.9 Å². The number of carbonyl (C=O) groups is 1. The topological polar surface area (TPSA) is 99.3 Å². The van der Waals surface area contributed by atoms with Gasteiger partial charge in [-0.05, 0) is 30.3 Å². The minimum Gasteiger partial charge on any atom is -0.497 e. The molecule has 0 aliphatic heterocycles. The van der Waals surface area contributed by atoms with E-state index in [1.54, 1.807) is 24.9 Å². The molecule has 1 heterocycles. The molecule has 8 nitrogen and oxygen atoms in total. The average Bonchev–Trinajstić information content (AvgIpc) is 3.02. The molecule has 0 spiro atoms. The number of hydrogen-bond donors (Lipinski definition) is 1. The number of anilines is 1. The number of non-ortho nitro benzene ring substituents is 1. The average molecular weight is 352 g/mol. The molecule has 0 bridgehead atoms. The van der Waals surface area contributed by atoms with E-state index in [2.05, 4.69) is 10.3 Å². The summed E-state index contributed by atoms with van der Waals surface area (Å²) >= 11 is 0. The molecule has 0 unspecified atom stereocenters. The molecular formula is C18H16N4O4. The predicted molar refractivity (Wildman–Crippen MR) is 96.2 cm³/mol. The third-order valence-electron chi connectivity index (χ3n) is 3.92. The van der Waals surface area contributed by atoms with Crippen LogP contribution in [-0.4, -0.2) is 27.5 Å². The van der Waals surface area contributed by atoms with Crippen molar-refractivity contribution in [3.8, 4) is 17.0 Å². The molecule has 0 aliphatic rings. The van der Waals surface area contributed by atoms with Crippen molar-refractivity contribution in [1.29, 1.82) is 0 Å². The Morgan fingerprint density at radius 2 is 1.96 bits per heavy atom. The van der Waals surface area contributed by atoms with Crippen LogP contribution in [0.15, 0.2) is 54.7 Å². The van der Waals surface area contributed by atoms with Gasteiger partial charge in [0.05, 0.1) is 23.9 Å². The third kappa shape index (κ3) is 3.39. The van der Waals surface area contributed by atoms with Crippen molar-refractivity contribution in [2.75, 3.05) is 12.4 Å². The van der Waals surface area contributed by atoms with Gasteiger partial charge in [-0.25, -0.2) is 4.98 Å². The highest BCUT2D eigenvalue weighted by Crippen LogP contribution is 2.24. The standard InChI is InChI=1S/C18H16N4O4/c1-21-16(12-6-8-15(26-2)9-7-12)11-19-18(21)20-17(23)13-4-3-5-14(10-13)22(24)25/h3-11H,1-2H3,(H,19,20,23). The molecule has 1 N–H and O–H groups in total.